The summed E-state index contributed by atoms with van der Waals surface area (Å²) in [5.41, 5.74) is 10.5. The van der Waals surface area contributed by atoms with Gasteiger partial charge in [0.15, 0.2) is 0 Å². The number of halogens is 2. The van der Waals surface area contributed by atoms with E-state index in [2.05, 4.69) is 30.4 Å². The maximum atomic E-state index is 13.3. The average Bonchev–Trinajstić information content (AvgIpc) is 2.64. The summed E-state index contributed by atoms with van der Waals surface area (Å²) in [5.74, 6) is -1.26. The number of aliphatic hydroxyl groups is 1. The minimum absolute atomic E-state index is 0.203. The molecule has 1 aliphatic rings. The average molecular weight is 374 g/mol. The van der Waals surface area contributed by atoms with Crippen LogP contribution in [0.5, 0.6) is 0 Å². The van der Waals surface area contributed by atoms with Crippen LogP contribution in [0.3, 0.4) is 0 Å². The lowest BCUT2D eigenvalue weighted by molar-refractivity contribution is 0.136. The quantitative estimate of drug-likeness (QED) is 0.696. The smallest absolute Gasteiger partial charge is 0.126 e. The van der Waals surface area contributed by atoms with Crippen molar-refractivity contribution in [1.29, 1.82) is 0 Å². The highest BCUT2D eigenvalue weighted by atomic mass is 19.1. The number of nitrogens with two attached hydrogens (primary N) is 1. The third-order valence-corrected chi connectivity index (χ3v) is 5.39. The Morgan fingerprint density at radius 1 is 1.15 bits per heavy atom. The molecule has 5 heteroatoms. The normalized spacial score (nSPS) is 18.8. The zero-order chi connectivity index (χ0) is 19.4. The van der Waals surface area contributed by atoms with Gasteiger partial charge in [0, 0.05) is 24.7 Å². The fraction of sp³-hybridized carbons (Fsp3) is 0.455. The minimum atomic E-state index is -0.795. The van der Waals surface area contributed by atoms with Gasteiger partial charge in [-0.3, -0.25) is 0 Å². The largest absolute Gasteiger partial charge is 0.390 e. The van der Waals surface area contributed by atoms with Crippen LogP contribution in [0, 0.1) is 11.6 Å². The summed E-state index contributed by atoms with van der Waals surface area (Å²) in [6.07, 6.45) is 3.65. The van der Waals surface area contributed by atoms with Gasteiger partial charge in [-0.15, -0.1) is 0 Å². The van der Waals surface area contributed by atoms with Gasteiger partial charge >= 0.3 is 0 Å². The fourth-order valence-corrected chi connectivity index (χ4v) is 3.83. The highest BCUT2D eigenvalue weighted by molar-refractivity contribution is 5.36. The van der Waals surface area contributed by atoms with Crippen LogP contribution in [-0.2, 0) is 19.3 Å². The Kier molecular flexibility index (Phi) is 6.58. The molecule has 0 heterocycles. The first kappa shape index (κ1) is 19.9. The van der Waals surface area contributed by atoms with Crippen LogP contribution >= 0.6 is 0 Å². The summed E-state index contributed by atoms with van der Waals surface area (Å²) in [7, 11) is 0. The Morgan fingerprint density at radius 2 is 1.89 bits per heavy atom. The van der Waals surface area contributed by atoms with Crippen LogP contribution in [0.2, 0.25) is 0 Å². The van der Waals surface area contributed by atoms with Gasteiger partial charge < -0.3 is 16.2 Å². The molecule has 0 radical (unpaired) electrons. The Balaban J connectivity index is 1.60. The first-order valence-corrected chi connectivity index (χ1v) is 9.70. The Morgan fingerprint density at radius 3 is 2.59 bits per heavy atom. The van der Waals surface area contributed by atoms with Gasteiger partial charge in [0.1, 0.15) is 11.6 Å². The van der Waals surface area contributed by atoms with Crippen LogP contribution in [0.25, 0.3) is 0 Å². The van der Waals surface area contributed by atoms with Crippen molar-refractivity contribution in [2.45, 2.75) is 57.2 Å². The summed E-state index contributed by atoms with van der Waals surface area (Å²) < 4.78 is 26.6. The summed E-state index contributed by atoms with van der Waals surface area (Å²) in [4.78, 5) is 0. The number of aliphatic hydroxyl groups excluding tert-OH is 1. The Bertz CT molecular complexity index is 761. The molecule has 2 aromatic rings. The Labute approximate surface area is 159 Å². The van der Waals surface area contributed by atoms with Gasteiger partial charge in [-0.1, -0.05) is 25.1 Å². The first-order chi connectivity index (χ1) is 13.0. The van der Waals surface area contributed by atoms with Gasteiger partial charge in [0.25, 0.3) is 0 Å². The molecule has 0 fully saturated rings. The summed E-state index contributed by atoms with van der Waals surface area (Å²) in [6.45, 7) is 2.49. The molecule has 0 saturated carbocycles. The van der Waals surface area contributed by atoms with Crippen molar-refractivity contribution in [1.82, 2.24) is 5.32 Å². The van der Waals surface area contributed by atoms with E-state index >= 15 is 0 Å². The molecule has 3 nitrogen and oxygen atoms in total. The second-order valence-corrected chi connectivity index (χ2v) is 7.45. The molecule has 0 amide bonds. The molecule has 2 aromatic carbocycles. The molecular formula is C22H28F2N2O. The minimum Gasteiger partial charge on any atom is -0.390 e. The summed E-state index contributed by atoms with van der Waals surface area (Å²) in [6, 6.07) is 9.61. The predicted molar refractivity (Wildman–Crippen MR) is 104 cm³/mol. The first-order valence-electron chi connectivity index (χ1n) is 9.70. The summed E-state index contributed by atoms with van der Waals surface area (Å²) >= 11 is 0. The molecule has 0 spiro atoms. The molecule has 3 atom stereocenters. The number of hydrogen-bond donors (Lipinski definition) is 3. The third kappa shape index (κ3) is 5.12. The van der Waals surface area contributed by atoms with Crippen LogP contribution < -0.4 is 11.1 Å². The third-order valence-electron chi connectivity index (χ3n) is 5.39. The predicted octanol–water partition coefficient (Wildman–Crippen LogP) is 3.43. The van der Waals surface area contributed by atoms with Crippen molar-refractivity contribution in [3.63, 3.8) is 0 Å². The number of benzene rings is 2. The van der Waals surface area contributed by atoms with Crippen LogP contribution in [0.4, 0.5) is 8.78 Å². The molecule has 0 bridgehead atoms. The number of aryl methyl sites for hydroxylation is 2. The number of nitrogens with one attached hydrogen (secondary N) is 1. The van der Waals surface area contributed by atoms with E-state index in [1.807, 2.05) is 0 Å². The molecular weight excluding hydrogens is 346 g/mol. The van der Waals surface area contributed by atoms with Crippen molar-refractivity contribution in [3.8, 4) is 0 Å². The molecule has 0 saturated heterocycles. The maximum absolute atomic E-state index is 13.3. The lowest BCUT2D eigenvalue weighted by Crippen LogP contribution is -2.44. The zero-order valence-corrected chi connectivity index (χ0v) is 15.7. The van der Waals surface area contributed by atoms with E-state index in [0.717, 1.165) is 31.7 Å². The molecule has 0 unspecified atom stereocenters. The monoisotopic (exact) mass is 374 g/mol. The maximum Gasteiger partial charge on any atom is 0.126 e. The summed E-state index contributed by atoms with van der Waals surface area (Å²) in [5, 5.41) is 13.9. The van der Waals surface area contributed by atoms with Crippen molar-refractivity contribution >= 4 is 0 Å². The number of hydrogen-bond acceptors (Lipinski definition) is 3. The Hall–Kier alpha value is -1.82. The number of rotatable bonds is 7. The second-order valence-electron chi connectivity index (χ2n) is 7.45. The highest BCUT2D eigenvalue weighted by Gasteiger charge is 2.23. The van der Waals surface area contributed by atoms with Gasteiger partial charge in [-0.2, -0.15) is 0 Å². The van der Waals surface area contributed by atoms with E-state index < -0.39 is 23.8 Å². The van der Waals surface area contributed by atoms with E-state index in [-0.39, 0.29) is 12.5 Å². The molecule has 3 rings (SSSR count). The van der Waals surface area contributed by atoms with Crippen LogP contribution in [-0.4, -0.2) is 23.8 Å². The molecule has 27 heavy (non-hydrogen) atoms. The van der Waals surface area contributed by atoms with E-state index in [9.17, 15) is 13.9 Å². The lowest BCUT2D eigenvalue weighted by Gasteiger charge is -2.29. The van der Waals surface area contributed by atoms with Crippen molar-refractivity contribution in [2.24, 2.45) is 5.73 Å². The van der Waals surface area contributed by atoms with Gasteiger partial charge in [0.2, 0.25) is 0 Å². The molecule has 0 aliphatic heterocycles. The van der Waals surface area contributed by atoms with E-state index in [0.29, 0.717) is 12.1 Å². The van der Waals surface area contributed by atoms with Crippen molar-refractivity contribution in [2.75, 3.05) is 6.54 Å². The van der Waals surface area contributed by atoms with Crippen molar-refractivity contribution < 1.29 is 13.9 Å². The van der Waals surface area contributed by atoms with E-state index in [1.54, 1.807) is 0 Å². The number of fused-ring (bicyclic) bond motifs is 1. The van der Waals surface area contributed by atoms with E-state index in [1.165, 1.54) is 28.8 Å². The lowest BCUT2D eigenvalue weighted by atomic mass is 9.86. The van der Waals surface area contributed by atoms with Gasteiger partial charge in [-0.05, 0) is 66.5 Å². The topological polar surface area (TPSA) is 58.3 Å². The van der Waals surface area contributed by atoms with E-state index in [4.69, 9.17) is 5.73 Å². The second kappa shape index (κ2) is 8.91. The molecule has 1 aliphatic carbocycles. The SMILES string of the molecule is CCc1ccc2c(c1)[C@@H](NC[C@@H](O)[C@@H](N)Cc1cc(F)cc(F)c1)CCC2. The van der Waals surface area contributed by atoms with Gasteiger partial charge in [-0.25, -0.2) is 8.78 Å². The highest BCUT2D eigenvalue weighted by Crippen LogP contribution is 2.30. The van der Waals surface area contributed by atoms with Crippen molar-refractivity contribution in [3.05, 3.63) is 70.3 Å². The molecule has 4 N–H and O–H groups in total. The standard InChI is InChI=1S/C22H28F2N2O/c1-2-14-6-7-16-4-3-5-21(19(16)10-14)26-13-22(27)20(25)11-15-8-17(23)12-18(24)9-15/h6-10,12,20-22,26-27H,2-5,11,13,25H2,1H3/t20-,21-,22+/m0/s1. The van der Waals surface area contributed by atoms with Crippen LogP contribution in [0.15, 0.2) is 36.4 Å². The molecule has 0 aromatic heterocycles. The van der Waals surface area contributed by atoms with Gasteiger partial charge in [0.05, 0.1) is 6.10 Å². The van der Waals surface area contributed by atoms with Crippen LogP contribution in [0.1, 0.15) is 48.1 Å². The zero-order valence-electron chi connectivity index (χ0n) is 15.7. The molecule has 146 valence electrons. The fourth-order valence-electron chi connectivity index (χ4n) is 3.83.